The van der Waals surface area contributed by atoms with E-state index in [0.717, 1.165) is 16.6 Å². The molecule has 9 nitrogen and oxygen atoms in total. The normalized spacial score (nSPS) is 18.0. The Bertz CT molecular complexity index is 1180. The molecule has 2 saturated heterocycles. The van der Waals surface area contributed by atoms with E-state index in [-0.39, 0.29) is 25.0 Å². The highest BCUT2D eigenvalue weighted by atomic mass is 16.4. The topological polar surface area (TPSA) is 110 Å². The highest BCUT2D eigenvalue weighted by Crippen LogP contribution is 2.39. The fourth-order valence-corrected chi connectivity index (χ4v) is 4.82. The summed E-state index contributed by atoms with van der Waals surface area (Å²) in [6.07, 6.45) is 2.57. The number of aliphatic carboxylic acids is 1. The Balaban J connectivity index is 1.39. The van der Waals surface area contributed by atoms with Crippen LogP contribution in [-0.4, -0.2) is 74.7 Å². The number of nitrogens with zero attached hydrogens (tertiary/aromatic N) is 4. The number of para-hydroxylation sites is 1. The second-order valence-corrected chi connectivity index (χ2v) is 8.30. The molecule has 0 bridgehead atoms. The molecule has 1 spiro atoms. The van der Waals surface area contributed by atoms with Crippen molar-refractivity contribution >= 4 is 34.4 Å². The van der Waals surface area contributed by atoms with Crippen molar-refractivity contribution in [1.29, 1.82) is 0 Å². The van der Waals surface area contributed by atoms with E-state index in [2.05, 4.69) is 10.2 Å². The average Bonchev–Trinajstić information content (AvgIpc) is 3.38. The van der Waals surface area contributed by atoms with Gasteiger partial charge in [0.15, 0.2) is 0 Å². The smallest absolute Gasteiger partial charge is 0.323 e. The van der Waals surface area contributed by atoms with Crippen LogP contribution >= 0.6 is 0 Å². The molecule has 2 aliphatic heterocycles. The zero-order chi connectivity index (χ0) is 22.3. The molecule has 164 valence electrons. The third-order valence-electron chi connectivity index (χ3n) is 6.47. The molecule has 5 rings (SSSR count). The molecular weight excluding hydrogens is 410 g/mol. The summed E-state index contributed by atoms with van der Waals surface area (Å²) in [7, 11) is 0. The van der Waals surface area contributed by atoms with Gasteiger partial charge in [-0.15, -0.1) is 0 Å². The molecule has 1 aromatic heterocycles. The third kappa shape index (κ3) is 3.26. The minimum Gasteiger partial charge on any atom is -0.480 e. The lowest BCUT2D eigenvalue weighted by molar-refractivity contribution is -0.144. The number of aromatic nitrogens is 2. The molecule has 9 heteroatoms. The van der Waals surface area contributed by atoms with E-state index in [0.29, 0.717) is 31.5 Å². The average molecular weight is 433 g/mol. The molecule has 2 aromatic carbocycles. The summed E-state index contributed by atoms with van der Waals surface area (Å²) in [6, 6.07) is 15.0. The van der Waals surface area contributed by atoms with Crippen LogP contribution in [0.3, 0.4) is 0 Å². The van der Waals surface area contributed by atoms with E-state index >= 15 is 0 Å². The standard InChI is InChI=1S/C23H23N5O4/c29-20(30)14-27-15-28(18-4-2-1-3-5-18)23(22(27)32)8-10-26(11-9-23)21(31)16-6-7-19-17(12-16)13-24-25-19/h1-7,12-13H,8-11,14-15H2,(H,24,25)(H,29,30). The molecule has 2 fully saturated rings. The molecule has 0 atom stereocenters. The van der Waals surface area contributed by atoms with Crippen molar-refractivity contribution in [3.63, 3.8) is 0 Å². The molecule has 0 aliphatic carbocycles. The Labute approximate surface area is 184 Å². The molecule has 0 radical (unpaired) electrons. The van der Waals surface area contributed by atoms with Crippen LogP contribution in [0.2, 0.25) is 0 Å². The van der Waals surface area contributed by atoms with Crippen molar-refractivity contribution in [2.75, 3.05) is 31.2 Å². The van der Waals surface area contributed by atoms with Crippen LogP contribution in [-0.2, 0) is 9.59 Å². The first kappa shape index (κ1) is 20.0. The van der Waals surface area contributed by atoms with Gasteiger partial charge in [0.2, 0.25) is 0 Å². The molecular formula is C23H23N5O4. The van der Waals surface area contributed by atoms with Gasteiger partial charge in [-0.1, -0.05) is 18.2 Å². The Kier molecular flexibility index (Phi) is 4.80. The highest BCUT2D eigenvalue weighted by molar-refractivity contribution is 5.99. The van der Waals surface area contributed by atoms with Gasteiger partial charge in [0.1, 0.15) is 12.1 Å². The maximum atomic E-state index is 13.4. The number of amides is 2. The number of carboxylic acids is 1. The van der Waals surface area contributed by atoms with Gasteiger partial charge in [0.25, 0.3) is 11.8 Å². The first-order chi connectivity index (χ1) is 15.5. The molecule has 3 aromatic rings. The zero-order valence-electron chi connectivity index (χ0n) is 17.4. The number of likely N-dealkylation sites (tertiary alicyclic amines) is 1. The van der Waals surface area contributed by atoms with E-state index < -0.39 is 11.5 Å². The quantitative estimate of drug-likeness (QED) is 0.651. The number of carboxylic acid groups (broad SMARTS) is 1. The Morgan fingerprint density at radius 2 is 1.84 bits per heavy atom. The number of aromatic amines is 1. The number of carbonyl (C=O) groups is 3. The van der Waals surface area contributed by atoms with Crippen LogP contribution in [0, 0.1) is 0 Å². The first-order valence-electron chi connectivity index (χ1n) is 10.5. The SMILES string of the molecule is O=C(O)CN1CN(c2ccccc2)C2(CCN(C(=O)c3ccc4[nH]ncc4c3)CC2)C1=O. The Morgan fingerprint density at radius 3 is 2.56 bits per heavy atom. The van der Waals surface area contributed by atoms with Gasteiger partial charge in [-0.3, -0.25) is 19.5 Å². The summed E-state index contributed by atoms with van der Waals surface area (Å²) in [5.41, 5.74) is 1.48. The summed E-state index contributed by atoms with van der Waals surface area (Å²) < 4.78 is 0. The van der Waals surface area contributed by atoms with Crippen LogP contribution in [0.4, 0.5) is 5.69 Å². The maximum Gasteiger partial charge on any atom is 0.323 e. The predicted molar refractivity (Wildman–Crippen MR) is 117 cm³/mol. The molecule has 3 heterocycles. The predicted octanol–water partition coefficient (Wildman–Crippen LogP) is 1.93. The number of piperidine rings is 1. The van der Waals surface area contributed by atoms with Gasteiger partial charge in [-0.25, -0.2) is 0 Å². The molecule has 2 aliphatic rings. The fraction of sp³-hybridized carbons (Fsp3) is 0.304. The number of carbonyl (C=O) groups excluding carboxylic acids is 2. The molecule has 0 saturated carbocycles. The van der Waals surface area contributed by atoms with Gasteiger partial charge >= 0.3 is 5.97 Å². The van der Waals surface area contributed by atoms with Crippen molar-refractivity contribution in [1.82, 2.24) is 20.0 Å². The number of H-pyrrole nitrogens is 1. The van der Waals surface area contributed by atoms with Gasteiger partial charge < -0.3 is 19.8 Å². The Morgan fingerprint density at radius 1 is 1.09 bits per heavy atom. The van der Waals surface area contributed by atoms with E-state index in [1.54, 1.807) is 17.2 Å². The molecule has 0 unspecified atom stereocenters. The molecule has 32 heavy (non-hydrogen) atoms. The monoisotopic (exact) mass is 433 g/mol. The maximum absolute atomic E-state index is 13.4. The number of fused-ring (bicyclic) bond motifs is 1. The number of nitrogens with one attached hydrogen (secondary N) is 1. The highest BCUT2D eigenvalue weighted by Gasteiger charge is 2.54. The summed E-state index contributed by atoms with van der Waals surface area (Å²) in [5.74, 6) is -1.30. The lowest BCUT2D eigenvalue weighted by Crippen LogP contribution is -2.57. The number of rotatable bonds is 4. The largest absolute Gasteiger partial charge is 0.480 e. The van der Waals surface area contributed by atoms with Crippen molar-refractivity contribution in [2.24, 2.45) is 0 Å². The van der Waals surface area contributed by atoms with Crippen molar-refractivity contribution < 1.29 is 19.5 Å². The molecule has 2 N–H and O–H groups in total. The minimum absolute atomic E-state index is 0.0814. The number of hydrogen-bond acceptors (Lipinski definition) is 5. The van der Waals surface area contributed by atoms with Crippen LogP contribution in [0.15, 0.2) is 54.7 Å². The fourth-order valence-electron chi connectivity index (χ4n) is 4.82. The van der Waals surface area contributed by atoms with E-state index in [9.17, 15) is 19.5 Å². The van der Waals surface area contributed by atoms with Gasteiger partial charge in [-0.05, 0) is 43.2 Å². The lowest BCUT2D eigenvalue weighted by Gasteiger charge is -2.43. The zero-order valence-corrected chi connectivity index (χ0v) is 17.4. The lowest BCUT2D eigenvalue weighted by atomic mass is 9.85. The van der Waals surface area contributed by atoms with Gasteiger partial charge in [-0.2, -0.15) is 5.10 Å². The second kappa shape index (κ2) is 7.67. The van der Waals surface area contributed by atoms with Crippen LogP contribution in [0.25, 0.3) is 10.9 Å². The molecule has 2 amide bonds. The second-order valence-electron chi connectivity index (χ2n) is 8.30. The van der Waals surface area contributed by atoms with Crippen LogP contribution in [0.1, 0.15) is 23.2 Å². The summed E-state index contributed by atoms with van der Waals surface area (Å²) in [5, 5.41) is 17.0. The van der Waals surface area contributed by atoms with Gasteiger partial charge in [0.05, 0.1) is 18.4 Å². The minimum atomic E-state index is -1.04. The van der Waals surface area contributed by atoms with Crippen LogP contribution in [0.5, 0.6) is 0 Å². The van der Waals surface area contributed by atoms with E-state index in [1.165, 1.54) is 4.90 Å². The van der Waals surface area contributed by atoms with Crippen molar-refractivity contribution in [3.8, 4) is 0 Å². The first-order valence-corrected chi connectivity index (χ1v) is 10.5. The van der Waals surface area contributed by atoms with E-state index in [1.807, 2.05) is 47.4 Å². The summed E-state index contributed by atoms with van der Waals surface area (Å²) in [4.78, 5) is 43.0. The third-order valence-corrected chi connectivity index (χ3v) is 6.47. The number of benzene rings is 2. The number of anilines is 1. The van der Waals surface area contributed by atoms with Crippen LogP contribution < -0.4 is 4.90 Å². The summed E-state index contributed by atoms with van der Waals surface area (Å²) >= 11 is 0. The van der Waals surface area contributed by atoms with Crippen molar-refractivity contribution in [3.05, 3.63) is 60.3 Å². The van der Waals surface area contributed by atoms with Crippen molar-refractivity contribution in [2.45, 2.75) is 18.4 Å². The van der Waals surface area contributed by atoms with Gasteiger partial charge in [0, 0.05) is 29.7 Å². The summed E-state index contributed by atoms with van der Waals surface area (Å²) in [6.45, 7) is 0.716. The van der Waals surface area contributed by atoms with E-state index in [4.69, 9.17) is 0 Å². The number of hydrogen-bond donors (Lipinski definition) is 2. The Hall–Kier alpha value is -3.88.